The molecular formula is C26H20N4OS. The van der Waals surface area contributed by atoms with Crippen LogP contribution in [0.5, 0.6) is 0 Å². The minimum Gasteiger partial charge on any atom is -0.333 e. The van der Waals surface area contributed by atoms with Gasteiger partial charge in [0.1, 0.15) is 17.2 Å². The number of aromatic amines is 1. The van der Waals surface area contributed by atoms with Gasteiger partial charge in [-0.05, 0) is 6.92 Å². The van der Waals surface area contributed by atoms with Crippen molar-refractivity contribution in [2.75, 3.05) is 5.32 Å². The zero-order valence-electron chi connectivity index (χ0n) is 17.4. The molecule has 5 rings (SSSR count). The molecule has 0 saturated carbocycles. The molecule has 0 atom stereocenters. The van der Waals surface area contributed by atoms with Crippen molar-refractivity contribution >= 4 is 22.4 Å². The summed E-state index contributed by atoms with van der Waals surface area (Å²) in [5, 5.41) is 5.41. The van der Waals surface area contributed by atoms with Gasteiger partial charge in [-0.1, -0.05) is 90.5 Å². The van der Waals surface area contributed by atoms with Gasteiger partial charge in [0.15, 0.2) is 5.13 Å². The minimum atomic E-state index is -0.274. The van der Waals surface area contributed by atoms with E-state index in [1.807, 2.05) is 97.2 Å². The van der Waals surface area contributed by atoms with Crippen molar-refractivity contribution in [3.8, 4) is 33.9 Å². The van der Waals surface area contributed by atoms with Crippen molar-refractivity contribution < 1.29 is 4.79 Å². The number of amides is 1. The summed E-state index contributed by atoms with van der Waals surface area (Å²) in [6, 6.07) is 27.7. The largest absolute Gasteiger partial charge is 0.333 e. The van der Waals surface area contributed by atoms with Crippen LogP contribution in [0.15, 0.2) is 90.3 Å². The second-order valence-corrected chi connectivity index (χ2v) is 8.26. The van der Waals surface area contributed by atoms with Gasteiger partial charge in [-0.15, -0.1) is 11.3 Å². The summed E-state index contributed by atoms with van der Waals surface area (Å²) in [6.45, 7) is 2.03. The Balaban J connectivity index is 1.49. The van der Waals surface area contributed by atoms with Gasteiger partial charge in [0.05, 0.1) is 5.69 Å². The number of carbonyl (C=O) groups is 1. The van der Waals surface area contributed by atoms with E-state index in [1.165, 1.54) is 11.3 Å². The van der Waals surface area contributed by atoms with E-state index < -0.39 is 0 Å². The van der Waals surface area contributed by atoms with Crippen LogP contribution in [0.1, 0.15) is 16.1 Å². The number of hydrogen-bond acceptors (Lipinski definition) is 4. The van der Waals surface area contributed by atoms with Gasteiger partial charge < -0.3 is 4.98 Å². The summed E-state index contributed by atoms with van der Waals surface area (Å²) in [7, 11) is 0. The average Bonchev–Trinajstić information content (AvgIpc) is 3.49. The molecule has 0 unspecified atom stereocenters. The molecule has 5 aromatic rings. The summed E-state index contributed by atoms with van der Waals surface area (Å²) in [5.41, 5.74) is 5.81. The number of anilines is 1. The molecule has 0 fully saturated rings. The van der Waals surface area contributed by atoms with Gasteiger partial charge in [0.25, 0.3) is 5.91 Å². The fraction of sp³-hybridized carbons (Fsp3) is 0.0385. The first-order valence-corrected chi connectivity index (χ1v) is 11.1. The lowest BCUT2D eigenvalue weighted by atomic mass is 10.1. The molecule has 0 bridgehead atoms. The van der Waals surface area contributed by atoms with Crippen LogP contribution < -0.4 is 5.32 Å². The predicted molar refractivity (Wildman–Crippen MR) is 130 cm³/mol. The topological polar surface area (TPSA) is 70.7 Å². The molecule has 32 heavy (non-hydrogen) atoms. The predicted octanol–water partition coefficient (Wildman–Crippen LogP) is 6.43. The second kappa shape index (κ2) is 8.61. The number of nitrogens with one attached hydrogen (secondary N) is 2. The Kier molecular flexibility index (Phi) is 5.35. The van der Waals surface area contributed by atoms with Crippen molar-refractivity contribution in [1.82, 2.24) is 15.0 Å². The van der Waals surface area contributed by atoms with Crippen LogP contribution in [0.4, 0.5) is 5.13 Å². The molecular weight excluding hydrogens is 416 g/mol. The van der Waals surface area contributed by atoms with Crippen LogP contribution >= 0.6 is 11.3 Å². The van der Waals surface area contributed by atoms with Crippen molar-refractivity contribution in [2.24, 2.45) is 0 Å². The molecule has 0 saturated heterocycles. The number of carbonyl (C=O) groups excluding carboxylic acids is 1. The number of benzene rings is 3. The maximum absolute atomic E-state index is 13.2. The Hall–Kier alpha value is -4.03. The van der Waals surface area contributed by atoms with Crippen molar-refractivity contribution in [3.63, 3.8) is 0 Å². The highest BCUT2D eigenvalue weighted by atomic mass is 32.1. The fourth-order valence-electron chi connectivity index (χ4n) is 3.42. The Morgan fingerprint density at radius 1 is 0.812 bits per heavy atom. The normalized spacial score (nSPS) is 10.8. The number of rotatable bonds is 5. The van der Waals surface area contributed by atoms with Gasteiger partial charge in [-0.25, -0.2) is 9.97 Å². The molecule has 3 aromatic carbocycles. The Labute approximate surface area is 189 Å². The second-order valence-electron chi connectivity index (χ2n) is 7.40. The highest BCUT2D eigenvalue weighted by Crippen LogP contribution is 2.29. The highest BCUT2D eigenvalue weighted by Gasteiger charge is 2.20. The molecule has 2 aromatic heterocycles. The van der Waals surface area contributed by atoms with Crippen molar-refractivity contribution in [3.05, 3.63) is 102 Å². The highest BCUT2D eigenvalue weighted by molar-refractivity contribution is 7.14. The number of thiazole rings is 1. The number of aryl methyl sites for hydroxylation is 1. The number of hydrogen-bond donors (Lipinski definition) is 2. The third kappa shape index (κ3) is 4.08. The van der Waals surface area contributed by atoms with Crippen LogP contribution in [-0.2, 0) is 0 Å². The van der Waals surface area contributed by atoms with E-state index in [0.29, 0.717) is 22.3 Å². The first-order valence-electron chi connectivity index (χ1n) is 10.2. The molecule has 156 valence electrons. The van der Waals surface area contributed by atoms with Crippen LogP contribution in [0.3, 0.4) is 0 Å². The Morgan fingerprint density at radius 3 is 2.16 bits per heavy atom. The van der Waals surface area contributed by atoms with Crippen molar-refractivity contribution in [2.45, 2.75) is 6.92 Å². The van der Waals surface area contributed by atoms with E-state index in [2.05, 4.69) is 15.3 Å². The third-order valence-corrected chi connectivity index (χ3v) is 5.86. The minimum absolute atomic E-state index is 0.274. The lowest BCUT2D eigenvalue weighted by Gasteiger charge is -2.03. The monoisotopic (exact) mass is 436 g/mol. The molecule has 0 aliphatic rings. The first kappa shape index (κ1) is 19.9. The van der Waals surface area contributed by atoms with Gasteiger partial charge >= 0.3 is 0 Å². The average molecular weight is 437 g/mol. The van der Waals surface area contributed by atoms with Gasteiger partial charge in [-0.3, -0.25) is 10.1 Å². The van der Waals surface area contributed by atoms with Gasteiger partial charge in [-0.2, -0.15) is 0 Å². The van der Waals surface area contributed by atoms with Crippen LogP contribution in [0, 0.1) is 6.92 Å². The molecule has 0 spiro atoms. The molecule has 2 heterocycles. The molecule has 5 nitrogen and oxygen atoms in total. The van der Waals surface area contributed by atoms with E-state index >= 15 is 0 Å². The summed E-state index contributed by atoms with van der Waals surface area (Å²) in [5.74, 6) is 0.375. The number of H-pyrrole nitrogens is 1. The van der Waals surface area contributed by atoms with Gasteiger partial charge in [0.2, 0.25) is 0 Å². The van der Waals surface area contributed by atoms with E-state index in [1.54, 1.807) is 0 Å². The smallest absolute Gasteiger partial charge is 0.276 e. The zero-order valence-corrected chi connectivity index (χ0v) is 18.2. The van der Waals surface area contributed by atoms with E-state index in [4.69, 9.17) is 4.98 Å². The standard InChI is InChI=1S/C26H20N4OS/c1-17-12-14-19(15-13-17)22-23(29-24(28-22)20-10-6-3-7-11-20)25(31)30-26-27-21(16-32-26)18-8-4-2-5-9-18/h2-16H,1H3,(H,28,29)(H,27,30,31). The molecule has 1 amide bonds. The number of imidazole rings is 1. The van der Waals surface area contributed by atoms with E-state index in [9.17, 15) is 4.79 Å². The summed E-state index contributed by atoms with van der Waals surface area (Å²) >= 11 is 1.40. The summed E-state index contributed by atoms with van der Waals surface area (Å²) < 4.78 is 0. The summed E-state index contributed by atoms with van der Waals surface area (Å²) in [4.78, 5) is 25.8. The molecule has 2 N–H and O–H groups in total. The maximum atomic E-state index is 13.2. The van der Waals surface area contributed by atoms with Crippen molar-refractivity contribution in [1.29, 1.82) is 0 Å². The van der Waals surface area contributed by atoms with Crippen LogP contribution in [-0.4, -0.2) is 20.9 Å². The first-order chi connectivity index (χ1) is 15.7. The maximum Gasteiger partial charge on any atom is 0.276 e. The SMILES string of the molecule is Cc1ccc(-c2nc(-c3ccccc3)[nH]c2C(=O)Nc2nc(-c3ccccc3)cs2)cc1. The molecule has 6 heteroatoms. The zero-order chi connectivity index (χ0) is 21.9. The van der Waals surface area contributed by atoms with E-state index in [-0.39, 0.29) is 5.91 Å². The van der Waals surface area contributed by atoms with Crippen LogP contribution in [0.25, 0.3) is 33.9 Å². The molecule has 0 aliphatic carbocycles. The Bertz CT molecular complexity index is 1360. The lowest BCUT2D eigenvalue weighted by molar-refractivity contribution is 0.102. The lowest BCUT2D eigenvalue weighted by Crippen LogP contribution is -2.13. The quantitative estimate of drug-likeness (QED) is 0.334. The van der Waals surface area contributed by atoms with E-state index in [0.717, 1.165) is 27.9 Å². The molecule has 0 radical (unpaired) electrons. The number of nitrogens with zero attached hydrogens (tertiary/aromatic N) is 2. The molecule has 0 aliphatic heterocycles. The van der Waals surface area contributed by atoms with Gasteiger partial charge in [0, 0.05) is 22.1 Å². The fourth-order valence-corrected chi connectivity index (χ4v) is 4.14. The van der Waals surface area contributed by atoms with Crippen LogP contribution in [0.2, 0.25) is 0 Å². The number of aromatic nitrogens is 3. The summed E-state index contributed by atoms with van der Waals surface area (Å²) in [6.07, 6.45) is 0. The third-order valence-electron chi connectivity index (χ3n) is 5.10. The Morgan fingerprint density at radius 2 is 1.47 bits per heavy atom.